The second kappa shape index (κ2) is 5.22. The average Bonchev–Trinajstić information content (AvgIpc) is 2.84. The number of rotatable bonds is 2. The molecule has 1 fully saturated rings. The van der Waals surface area contributed by atoms with Gasteiger partial charge in [-0.15, -0.1) is 0 Å². The van der Waals surface area contributed by atoms with E-state index in [2.05, 4.69) is 15.7 Å². The highest BCUT2D eigenvalue weighted by Gasteiger charge is 2.25. The van der Waals surface area contributed by atoms with Crippen LogP contribution in [0.2, 0.25) is 0 Å². The fraction of sp³-hybridized carbons (Fsp3) is 0.429. The number of aryl methyl sites for hydroxylation is 1. The van der Waals surface area contributed by atoms with Gasteiger partial charge in [-0.25, -0.2) is 4.52 Å². The van der Waals surface area contributed by atoms with Crippen LogP contribution in [0.15, 0.2) is 24.4 Å². The van der Waals surface area contributed by atoms with Crippen LogP contribution in [0.4, 0.5) is 0 Å². The Labute approximate surface area is 116 Å². The summed E-state index contributed by atoms with van der Waals surface area (Å²) >= 11 is 0. The van der Waals surface area contributed by atoms with Gasteiger partial charge < -0.3 is 15.7 Å². The van der Waals surface area contributed by atoms with Crippen LogP contribution < -0.4 is 10.6 Å². The number of aliphatic hydroxyl groups is 1. The molecule has 1 aliphatic heterocycles. The first-order valence-corrected chi connectivity index (χ1v) is 6.79. The maximum absolute atomic E-state index is 12.2. The fourth-order valence-corrected chi connectivity index (χ4v) is 2.47. The molecule has 2 unspecified atom stereocenters. The quantitative estimate of drug-likeness (QED) is 0.725. The molecule has 0 aliphatic carbocycles. The highest BCUT2D eigenvalue weighted by atomic mass is 16.3. The van der Waals surface area contributed by atoms with Gasteiger partial charge in [-0.3, -0.25) is 4.79 Å². The summed E-state index contributed by atoms with van der Waals surface area (Å²) in [5.41, 5.74) is 2.39. The van der Waals surface area contributed by atoms with Crippen LogP contribution in [0.5, 0.6) is 0 Å². The summed E-state index contributed by atoms with van der Waals surface area (Å²) in [6.07, 6.45) is 2.01. The first-order valence-electron chi connectivity index (χ1n) is 6.79. The van der Waals surface area contributed by atoms with Gasteiger partial charge >= 0.3 is 0 Å². The van der Waals surface area contributed by atoms with E-state index in [0.29, 0.717) is 12.2 Å². The van der Waals surface area contributed by atoms with E-state index < -0.39 is 6.10 Å². The van der Waals surface area contributed by atoms with Crippen molar-refractivity contribution in [3.63, 3.8) is 0 Å². The molecule has 106 valence electrons. The number of hydrogen-bond acceptors (Lipinski definition) is 4. The molecule has 2 aromatic heterocycles. The third-order valence-electron chi connectivity index (χ3n) is 3.62. The summed E-state index contributed by atoms with van der Waals surface area (Å²) in [5, 5.41) is 20.0. The normalized spacial score (nSPS) is 22.9. The number of nitrogens with zero attached hydrogens (tertiary/aromatic N) is 2. The fourth-order valence-electron chi connectivity index (χ4n) is 2.47. The molecule has 0 aromatic carbocycles. The Kier molecular flexibility index (Phi) is 3.42. The van der Waals surface area contributed by atoms with Crippen molar-refractivity contribution < 1.29 is 9.90 Å². The lowest BCUT2D eigenvalue weighted by molar-refractivity contribution is 0.0761. The van der Waals surface area contributed by atoms with Crippen molar-refractivity contribution in [2.45, 2.75) is 25.5 Å². The number of aliphatic hydroxyl groups excluding tert-OH is 1. The lowest BCUT2D eigenvalue weighted by Crippen LogP contribution is -2.52. The van der Waals surface area contributed by atoms with E-state index in [1.807, 2.05) is 25.3 Å². The Morgan fingerprint density at radius 3 is 3.20 bits per heavy atom. The van der Waals surface area contributed by atoms with Gasteiger partial charge in [0.1, 0.15) is 0 Å². The molecule has 0 spiro atoms. The topological polar surface area (TPSA) is 78.7 Å². The van der Waals surface area contributed by atoms with Crippen LogP contribution in [0.1, 0.15) is 22.5 Å². The van der Waals surface area contributed by atoms with Gasteiger partial charge in [0.25, 0.3) is 5.91 Å². The minimum Gasteiger partial charge on any atom is -0.390 e. The molecule has 3 heterocycles. The molecule has 1 saturated heterocycles. The summed E-state index contributed by atoms with van der Waals surface area (Å²) < 4.78 is 1.68. The second-order valence-electron chi connectivity index (χ2n) is 5.24. The first kappa shape index (κ1) is 13.1. The van der Waals surface area contributed by atoms with Gasteiger partial charge in [-0.05, 0) is 43.7 Å². The Bertz CT molecular complexity index is 637. The number of amides is 1. The number of fused-ring (bicyclic) bond motifs is 1. The van der Waals surface area contributed by atoms with Crippen molar-refractivity contribution in [1.29, 1.82) is 0 Å². The van der Waals surface area contributed by atoms with Crippen molar-refractivity contribution in [3.05, 3.63) is 35.7 Å². The Balaban J connectivity index is 1.78. The van der Waals surface area contributed by atoms with Crippen molar-refractivity contribution in [3.8, 4) is 0 Å². The Morgan fingerprint density at radius 2 is 2.40 bits per heavy atom. The van der Waals surface area contributed by atoms with E-state index in [9.17, 15) is 9.90 Å². The number of pyridine rings is 1. The van der Waals surface area contributed by atoms with Gasteiger partial charge in [0.15, 0.2) is 5.69 Å². The van der Waals surface area contributed by atoms with Gasteiger partial charge in [-0.1, -0.05) is 0 Å². The molecule has 0 radical (unpaired) electrons. The van der Waals surface area contributed by atoms with E-state index in [4.69, 9.17) is 0 Å². The molecule has 0 bridgehead atoms. The molecule has 6 nitrogen and oxygen atoms in total. The summed E-state index contributed by atoms with van der Waals surface area (Å²) in [6, 6.07) is 5.47. The van der Waals surface area contributed by atoms with Crippen molar-refractivity contribution >= 4 is 11.4 Å². The van der Waals surface area contributed by atoms with Crippen molar-refractivity contribution in [1.82, 2.24) is 20.2 Å². The molecule has 3 N–H and O–H groups in total. The monoisotopic (exact) mass is 274 g/mol. The molecule has 2 aromatic rings. The Hall–Kier alpha value is -1.92. The number of carbonyl (C=O) groups is 1. The molecule has 6 heteroatoms. The van der Waals surface area contributed by atoms with Crippen LogP contribution in [0, 0.1) is 6.92 Å². The minimum absolute atomic E-state index is 0.213. The zero-order valence-corrected chi connectivity index (χ0v) is 11.3. The summed E-state index contributed by atoms with van der Waals surface area (Å²) in [6.45, 7) is 3.31. The highest BCUT2D eigenvalue weighted by Crippen LogP contribution is 2.10. The molecule has 1 amide bonds. The second-order valence-corrected chi connectivity index (χ2v) is 5.24. The smallest absolute Gasteiger partial charge is 0.272 e. The SMILES string of the molecule is Cc1ccn2nc(C(=O)NC3CCNCC3O)cc2c1. The highest BCUT2D eigenvalue weighted by molar-refractivity contribution is 5.93. The number of nitrogens with one attached hydrogen (secondary N) is 2. The van der Waals surface area contributed by atoms with E-state index >= 15 is 0 Å². The summed E-state index contributed by atoms with van der Waals surface area (Å²) in [4.78, 5) is 12.2. The van der Waals surface area contributed by atoms with E-state index in [1.165, 1.54) is 0 Å². The van der Waals surface area contributed by atoms with Crippen LogP contribution in [-0.2, 0) is 0 Å². The van der Waals surface area contributed by atoms with Crippen LogP contribution in [-0.4, -0.2) is 45.9 Å². The predicted octanol–water partition coefficient (Wildman–Crippen LogP) is 0.0953. The molecular formula is C14H18N4O2. The Morgan fingerprint density at radius 1 is 1.55 bits per heavy atom. The van der Waals surface area contributed by atoms with Gasteiger partial charge in [0.05, 0.1) is 17.7 Å². The first-order chi connectivity index (χ1) is 9.63. The van der Waals surface area contributed by atoms with Gasteiger partial charge in [-0.2, -0.15) is 5.10 Å². The minimum atomic E-state index is -0.549. The molecule has 1 aliphatic rings. The molecule has 0 saturated carbocycles. The number of hydrogen-bond donors (Lipinski definition) is 3. The maximum atomic E-state index is 12.2. The predicted molar refractivity (Wildman–Crippen MR) is 74.7 cm³/mol. The maximum Gasteiger partial charge on any atom is 0.272 e. The van der Waals surface area contributed by atoms with Gasteiger partial charge in [0.2, 0.25) is 0 Å². The lowest BCUT2D eigenvalue weighted by Gasteiger charge is -2.28. The number of β-amino-alcohol motifs (C(OH)–C–C–N with tert-alkyl or cyclic N) is 1. The van der Waals surface area contributed by atoms with Crippen LogP contribution in [0.3, 0.4) is 0 Å². The largest absolute Gasteiger partial charge is 0.390 e. The average molecular weight is 274 g/mol. The standard InChI is InChI=1S/C14H18N4O2/c1-9-3-5-18-10(6-9)7-12(17-18)14(20)16-11-2-4-15-8-13(11)19/h3,5-7,11,13,15,19H,2,4,8H2,1H3,(H,16,20). The van der Waals surface area contributed by atoms with E-state index in [0.717, 1.165) is 24.0 Å². The third-order valence-corrected chi connectivity index (χ3v) is 3.62. The molecule has 20 heavy (non-hydrogen) atoms. The zero-order chi connectivity index (χ0) is 14.1. The van der Waals surface area contributed by atoms with E-state index in [-0.39, 0.29) is 11.9 Å². The number of aromatic nitrogens is 2. The van der Waals surface area contributed by atoms with Crippen LogP contribution in [0.25, 0.3) is 5.52 Å². The van der Waals surface area contributed by atoms with Gasteiger partial charge in [0, 0.05) is 12.7 Å². The summed E-state index contributed by atoms with van der Waals surface area (Å²) in [5.74, 6) is -0.239. The molecular weight excluding hydrogens is 256 g/mol. The number of carbonyl (C=O) groups excluding carboxylic acids is 1. The zero-order valence-electron chi connectivity index (χ0n) is 11.3. The van der Waals surface area contributed by atoms with Crippen molar-refractivity contribution in [2.75, 3.05) is 13.1 Å². The van der Waals surface area contributed by atoms with Crippen molar-refractivity contribution in [2.24, 2.45) is 0 Å². The number of piperidine rings is 1. The van der Waals surface area contributed by atoms with E-state index in [1.54, 1.807) is 10.6 Å². The molecule has 3 rings (SSSR count). The lowest BCUT2D eigenvalue weighted by atomic mass is 10.0. The third kappa shape index (κ3) is 2.52. The molecule has 2 atom stereocenters. The summed E-state index contributed by atoms with van der Waals surface area (Å²) in [7, 11) is 0. The van der Waals surface area contributed by atoms with Crippen LogP contribution >= 0.6 is 0 Å².